The molecule has 0 spiro atoms. The highest BCUT2D eigenvalue weighted by atomic mass is 35.5. The van der Waals surface area contributed by atoms with Crippen LogP contribution < -0.4 is 10.9 Å². The Balaban J connectivity index is 3.03. The third kappa shape index (κ3) is 4.26. The van der Waals surface area contributed by atoms with Gasteiger partial charge in [-0.1, -0.05) is 18.5 Å². The van der Waals surface area contributed by atoms with E-state index in [4.69, 9.17) is 11.6 Å². The summed E-state index contributed by atoms with van der Waals surface area (Å²) in [7, 11) is 0. The molecule has 0 fully saturated rings. The van der Waals surface area contributed by atoms with Crippen LogP contribution in [-0.2, 0) is 17.5 Å². The van der Waals surface area contributed by atoms with Crippen molar-refractivity contribution in [3.8, 4) is 0 Å². The summed E-state index contributed by atoms with van der Waals surface area (Å²) in [5.74, 6) is -0.545. The molecule has 1 aromatic heterocycles. The molecule has 1 heterocycles. The van der Waals surface area contributed by atoms with Crippen LogP contribution in [0.15, 0.2) is 17.1 Å². The zero-order valence-electron chi connectivity index (χ0n) is 10.9. The molecule has 0 saturated carbocycles. The van der Waals surface area contributed by atoms with E-state index in [-0.39, 0.29) is 6.04 Å². The molecule has 0 aliphatic carbocycles. The van der Waals surface area contributed by atoms with Gasteiger partial charge in [0.1, 0.15) is 11.6 Å². The summed E-state index contributed by atoms with van der Waals surface area (Å²) in [6, 6.07) is 0.423. The van der Waals surface area contributed by atoms with Crippen molar-refractivity contribution in [3.63, 3.8) is 0 Å². The molecule has 0 aliphatic rings. The largest absolute Gasteiger partial charge is 0.417 e. The molecule has 8 heteroatoms. The van der Waals surface area contributed by atoms with Crippen LogP contribution in [0.25, 0.3) is 0 Å². The van der Waals surface area contributed by atoms with Crippen LogP contribution in [0.1, 0.15) is 25.8 Å². The van der Waals surface area contributed by atoms with Gasteiger partial charge in [-0.3, -0.25) is 9.59 Å². The lowest BCUT2D eigenvalue weighted by Crippen LogP contribution is -2.37. The van der Waals surface area contributed by atoms with Crippen LogP contribution in [0.2, 0.25) is 5.02 Å². The second-order valence-corrected chi connectivity index (χ2v) is 4.79. The lowest BCUT2D eigenvalue weighted by Gasteiger charge is -2.14. The molecule has 112 valence electrons. The normalized spacial score (nSPS) is 13.1. The standard InChI is InChI=1S/C12H14ClF3N2O2/c1-3-7(2)17-10(19)6-18-5-8(12(14,15)16)4-9(13)11(18)20/h4-5,7H,3,6H2,1-2H3,(H,17,19)/t7-/m0/s1. The third-order valence-corrected chi connectivity index (χ3v) is 2.97. The molecule has 1 amide bonds. The number of nitrogens with one attached hydrogen (secondary N) is 1. The summed E-state index contributed by atoms with van der Waals surface area (Å²) in [5, 5.41) is 1.99. The van der Waals surface area contributed by atoms with Gasteiger partial charge in [-0.25, -0.2) is 0 Å². The molecule has 1 N–H and O–H groups in total. The first-order chi connectivity index (χ1) is 9.15. The lowest BCUT2D eigenvalue weighted by atomic mass is 10.2. The van der Waals surface area contributed by atoms with E-state index in [1.54, 1.807) is 6.92 Å². The summed E-state index contributed by atoms with van der Waals surface area (Å²) in [4.78, 5) is 23.2. The summed E-state index contributed by atoms with van der Waals surface area (Å²) >= 11 is 5.48. The Morgan fingerprint density at radius 3 is 2.60 bits per heavy atom. The fourth-order valence-electron chi connectivity index (χ4n) is 1.45. The second kappa shape index (κ2) is 6.30. The molecule has 4 nitrogen and oxygen atoms in total. The molecule has 1 aromatic rings. The van der Waals surface area contributed by atoms with Gasteiger partial charge in [0.2, 0.25) is 5.91 Å². The van der Waals surface area contributed by atoms with Crippen molar-refractivity contribution in [2.24, 2.45) is 0 Å². The third-order valence-electron chi connectivity index (χ3n) is 2.70. The van der Waals surface area contributed by atoms with Gasteiger partial charge >= 0.3 is 6.18 Å². The van der Waals surface area contributed by atoms with Gasteiger partial charge in [0.05, 0.1) is 5.56 Å². The number of halogens is 4. The van der Waals surface area contributed by atoms with E-state index in [0.717, 1.165) is 0 Å². The fraction of sp³-hybridized carbons (Fsp3) is 0.500. The second-order valence-electron chi connectivity index (χ2n) is 4.38. The monoisotopic (exact) mass is 310 g/mol. The van der Waals surface area contributed by atoms with E-state index in [1.165, 1.54) is 0 Å². The number of carbonyl (C=O) groups excluding carboxylic acids is 1. The molecule has 0 unspecified atom stereocenters. The van der Waals surface area contributed by atoms with Crippen molar-refractivity contribution in [1.82, 2.24) is 9.88 Å². The summed E-state index contributed by atoms with van der Waals surface area (Å²) in [6.45, 7) is 3.09. The highest BCUT2D eigenvalue weighted by molar-refractivity contribution is 6.30. The maximum atomic E-state index is 12.6. The van der Waals surface area contributed by atoms with E-state index in [9.17, 15) is 22.8 Å². The maximum Gasteiger partial charge on any atom is 0.417 e. The molecular formula is C12H14ClF3N2O2. The highest BCUT2D eigenvalue weighted by Crippen LogP contribution is 2.29. The minimum Gasteiger partial charge on any atom is -0.352 e. The van der Waals surface area contributed by atoms with Crippen molar-refractivity contribution in [2.45, 2.75) is 39.0 Å². The van der Waals surface area contributed by atoms with Crippen molar-refractivity contribution < 1.29 is 18.0 Å². The van der Waals surface area contributed by atoms with Gasteiger partial charge < -0.3 is 9.88 Å². The first-order valence-corrected chi connectivity index (χ1v) is 6.29. The van der Waals surface area contributed by atoms with Gasteiger partial charge in [0, 0.05) is 12.2 Å². The minimum absolute atomic E-state index is 0.125. The molecule has 1 rings (SSSR count). The molecular weight excluding hydrogens is 297 g/mol. The van der Waals surface area contributed by atoms with E-state index in [1.807, 2.05) is 6.92 Å². The Labute approximate surface area is 118 Å². The van der Waals surface area contributed by atoms with E-state index in [0.29, 0.717) is 23.3 Å². The van der Waals surface area contributed by atoms with Crippen LogP contribution in [0.4, 0.5) is 13.2 Å². The average molecular weight is 311 g/mol. The number of carbonyl (C=O) groups is 1. The number of alkyl halides is 3. The van der Waals surface area contributed by atoms with Crippen LogP contribution >= 0.6 is 11.6 Å². The molecule has 0 bridgehead atoms. The van der Waals surface area contributed by atoms with Crippen LogP contribution in [-0.4, -0.2) is 16.5 Å². The average Bonchev–Trinajstić information content (AvgIpc) is 2.33. The molecule has 1 atom stereocenters. The first-order valence-electron chi connectivity index (χ1n) is 5.91. The topological polar surface area (TPSA) is 51.1 Å². The summed E-state index contributed by atoms with van der Waals surface area (Å²) < 4.78 is 38.5. The number of aromatic nitrogens is 1. The molecule has 0 aliphatic heterocycles. The maximum absolute atomic E-state index is 12.6. The van der Waals surface area contributed by atoms with Crippen molar-refractivity contribution in [2.75, 3.05) is 0 Å². The van der Waals surface area contributed by atoms with Crippen molar-refractivity contribution in [1.29, 1.82) is 0 Å². The van der Waals surface area contributed by atoms with E-state index in [2.05, 4.69) is 5.32 Å². The van der Waals surface area contributed by atoms with Crippen LogP contribution in [0.5, 0.6) is 0 Å². The SMILES string of the molecule is CC[C@H](C)NC(=O)Cn1cc(C(F)(F)F)cc(Cl)c1=O. The predicted octanol–water partition coefficient (Wildman–Crippen LogP) is 2.44. The van der Waals surface area contributed by atoms with Crippen molar-refractivity contribution >= 4 is 17.5 Å². The first kappa shape index (κ1) is 16.6. The minimum atomic E-state index is -4.63. The van der Waals surface area contributed by atoms with Crippen LogP contribution in [0, 0.1) is 0 Å². The smallest absolute Gasteiger partial charge is 0.352 e. The summed E-state index contributed by atoms with van der Waals surface area (Å²) in [5.41, 5.74) is -1.91. The number of nitrogens with zero attached hydrogens (tertiary/aromatic N) is 1. The Morgan fingerprint density at radius 1 is 1.50 bits per heavy atom. The van der Waals surface area contributed by atoms with E-state index < -0.39 is 34.8 Å². The van der Waals surface area contributed by atoms with Gasteiger partial charge in [-0.05, 0) is 19.4 Å². The zero-order valence-corrected chi connectivity index (χ0v) is 11.7. The Bertz CT molecular complexity index is 555. The predicted molar refractivity (Wildman–Crippen MR) is 68.6 cm³/mol. The Hall–Kier alpha value is -1.50. The number of rotatable bonds is 4. The highest BCUT2D eigenvalue weighted by Gasteiger charge is 2.32. The van der Waals surface area contributed by atoms with E-state index >= 15 is 0 Å². The van der Waals surface area contributed by atoms with Gasteiger partial charge in [-0.2, -0.15) is 13.2 Å². The molecule has 0 saturated heterocycles. The quantitative estimate of drug-likeness (QED) is 0.928. The molecule has 0 aromatic carbocycles. The number of hydrogen-bond acceptors (Lipinski definition) is 2. The van der Waals surface area contributed by atoms with Crippen molar-refractivity contribution in [3.05, 3.63) is 33.2 Å². The lowest BCUT2D eigenvalue weighted by molar-refractivity contribution is -0.138. The Morgan fingerprint density at radius 2 is 2.10 bits per heavy atom. The number of hydrogen-bond donors (Lipinski definition) is 1. The Kier molecular flexibility index (Phi) is 5.21. The van der Waals surface area contributed by atoms with Gasteiger partial charge in [0.25, 0.3) is 5.56 Å². The molecule has 20 heavy (non-hydrogen) atoms. The zero-order chi connectivity index (χ0) is 15.5. The van der Waals surface area contributed by atoms with Crippen LogP contribution in [0.3, 0.4) is 0 Å². The van der Waals surface area contributed by atoms with Gasteiger partial charge in [0.15, 0.2) is 0 Å². The summed E-state index contributed by atoms with van der Waals surface area (Å²) in [6.07, 6.45) is -3.37. The molecule has 0 radical (unpaired) electrons. The number of amides is 1. The number of pyridine rings is 1. The fourth-order valence-corrected chi connectivity index (χ4v) is 1.68. The van der Waals surface area contributed by atoms with Gasteiger partial charge in [-0.15, -0.1) is 0 Å².